The minimum Gasteiger partial charge on any atom is -0.508 e. The maximum absolute atomic E-state index is 16.8. The summed E-state index contributed by atoms with van der Waals surface area (Å²) >= 11 is 0. The number of methoxy groups -OCH3 is 1. The van der Waals surface area contributed by atoms with Crippen LogP contribution in [-0.4, -0.2) is 83.5 Å². The Morgan fingerprint density at radius 1 is 1.12 bits per heavy atom. The third kappa shape index (κ3) is 6.29. The number of carbonyl (C=O) groups excluding carboxylic acids is 1. The number of anilines is 1. The molecule has 268 valence electrons. The van der Waals surface area contributed by atoms with E-state index in [1.807, 2.05) is 4.90 Å². The molecule has 4 aliphatic heterocycles. The fourth-order valence-electron chi connectivity index (χ4n) is 9.04. The summed E-state index contributed by atoms with van der Waals surface area (Å²) < 4.78 is 58.9. The highest BCUT2D eigenvalue weighted by Gasteiger charge is 2.51. The summed E-state index contributed by atoms with van der Waals surface area (Å²) in [5.41, 5.74) is -0.679. The van der Waals surface area contributed by atoms with Gasteiger partial charge in [0.15, 0.2) is 5.82 Å². The van der Waals surface area contributed by atoms with Crippen LogP contribution in [0.5, 0.6) is 11.8 Å². The van der Waals surface area contributed by atoms with Gasteiger partial charge in [0.05, 0.1) is 25.2 Å². The fourth-order valence-corrected chi connectivity index (χ4v) is 9.04. The number of hydrogen-bond acceptors (Lipinski definition) is 9. The maximum atomic E-state index is 16.8. The number of halogens is 3. The molecular formula is C39H42F3N5O4. The first-order valence-corrected chi connectivity index (χ1v) is 17.9. The monoisotopic (exact) mass is 701 g/mol. The smallest absolute Gasteiger partial charge is 0.319 e. The molecule has 8 rings (SSSR count). The zero-order valence-electron chi connectivity index (χ0n) is 28.6. The number of piperidine rings is 1. The van der Waals surface area contributed by atoms with Crippen molar-refractivity contribution in [2.45, 2.75) is 82.2 Å². The average molecular weight is 702 g/mol. The Kier molecular flexibility index (Phi) is 8.83. The molecule has 12 heteroatoms. The van der Waals surface area contributed by atoms with Crippen molar-refractivity contribution < 1.29 is 32.5 Å². The third-order valence-electron chi connectivity index (χ3n) is 11.8. The third-order valence-corrected chi connectivity index (χ3v) is 11.8. The Morgan fingerprint density at radius 3 is 2.49 bits per heavy atom. The molecule has 0 amide bonds. The molecule has 1 saturated carbocycles. The van der Waals surface area contributed by atoms with Crippen LogP contribution in [0.2, 0.25) is 0 Å². The van der Waals surface area contributed by atoms with E-state index >= 15 is 8.78 Å². The van der Waals surface area contributed by atoms with Gasteiger partial charge in [0.25, 0.3) is 0 Å². The Hall–Kier alpha value is -4.34. The largest absolute Gasteiger partial charge is 0.508 e. The number of fused-ring (bicyclic) bond motifs is 5. The number of aromatic hydroxyl groups is 1. The van der Waals surface area contributed by atoms with Crippen LogP contribution < -0.4 is 15.0 Å². The van der Waals surface area contributed by atoms with Gasteiger partial charge in [-0.1, -0.05) is 5.92 Å². The van der Waals surface area contributed by atoms with Gasteiger partial charge in [0.2, 0.25) is 0 Å². The number of benzene rings is 2. The number of rotatable bonds is 10. The summed E-state index contributed by atoms with van der Waals surface area (Å²) in [5, 5.41) is 14.3. The van der Waals surface area contributed by atoms with Gasteiger partial charge in [-0.3, -0.25) is 9.69 Å². The summed E-state index contributed by atoms with van der Waals surface area (Å²) in [6.45, 7) is 1.35. The summed E-state index contributed by atoms with van der Waals surface area (Å²) in [5.74, 6) is 0.321. The van der Waals surface area contributed by atoms with Crippen molar-refractivity contribution in [3.63, 3.8) is 0 Å². The molecule has 1 aromatic heterocycles. The van der Waals surface area contributed by atoms with E-state index in [9.17, 15) is 14.3 Å². The van der Waals surface area contributed by atoms with E-state index in [1.165, 1.54) is 31.4 Å². The van der Waals surface area contributed by atoms with Crippen LogP contribution in [0.15, 0.2) is 24.3 Å². The molecule has 0 radical (unpaired) electrons. The van der Waals surface area contributed by atoms with Crippen LogP contribution in [0, 0.1) is 35.3 Å². The number of esters is 1. The lowest BCUT2D eigenvalue weighted by atomic mass is 9.89. The first-order chi connectivity index (χ1) is 24.7. The minimum atomic E-state index is -1.05. The quantitative estimate of drug-likeness (QED) is 0.198. The van der Waals surface area contributed by atoms with Gasteiger partial charge >= 0.3 is 12.0 Å². The van der Waals surface area contributed by atoms with E-state index in [2.05, 4.69) is 21.1 Å². The van der Waals surface area contributed by atoms with Crippen molar-refractivity contribution in [1.29, 1.82) is 0 Å². The van der Waals surface area contributed by atoms with Gasteiger partial charge in [-0.25, -0.2) is 13.2 Å². The van der Waals surface area contributed by atoms with Crippen molar-refractivity contribution in [2.75, 3.05) is 38.3 Å². The second-order valence-corrected chi connectivity index (χ2v) is 15.0. The number of allylic oxidation sites excluding steroid dienone is 1. The second kappa shape index (κ2) is 13.3. The number of alkyl halides is 1. The first kappa shape index (κ1) is 33.8. The molecule has 51 heavy (non-hydrogen) atoms. The lowest BCUT2D eigenvalue weighted by molar-refractivity contribution is -0.148. The van der Waals surface area contributed by atoms with Gasteiger partial charge in [0, 0.05) is 54.6 Å². The molecule has 2 aromatic carbocycles. The molecule has 5 aliphatic rings. The Balaban J connectivity index is 1.14. The van der Waals surface area contributed by atoms with Crippen molar-refractivity contribution in [1.82, 2.24) is 20.2 Å². The molecule has 4 bridgehead atoms. The highest BCUT2D eigenvalue weighted by atomic mass is 19.1. The lowest BCUT2D eigenvalue weighted by Crippen LogP contribution is -2.51. The molecule has 4 atom stereocenters. The average Bonchev–Trinajstić information content (AvgIpc) is 3.76. The highest BCUT2D eigenvalue weighted by Crippen LogP contribution is 2.50. The zero-order chi connectivity index (χ0) is 35.4. The van der Waals surface area contributed by atoms with Gasteiger partial charge in [-0.05, 0) is 98.4 Å². The first-order valence-electron chi connectivity index (χ1n) is 17.9. The number of piperazine rings is 1. The fraction of sp³-hybridized carbons (Fsp3) is 0.513. The van der Waals surface area contributed by atoms with Crippen LogP contribution in [0.3, 0.4) is 0 Å². The van der Waals surface area contributed by atoms with Crippen molar-refractivity contribution in [3.05, 3.63) is 47.0 Å². The molecule has 4 saturated heterocycles. The number of carbonyl (C=O) groups is 1. The Morgan fingerprint density at radius 2 is 1.84 bits per heavy atom. The number of terminal acetylenes is 1. The molecule has 5 heterocycles. The van der Waals surface area contributed by atoms with E-state index in [0.29, 0.717) is 37.6 Å². The van der Waals surface area contributed by atoms with Gasteiger partial charge in [-0.15, -0.1) is 6.42 Å². The molecule has 2 N–H and O–H groups in total. The molecule has 3 aromatic rings. The molecule has 0 spiro atoms. The number of hydrogen-bond donors (Lipinski definition) is 2. The molecular weight excluding hydrogens is 659 g/mol. The number of phenols is 1. The molecule has 9 nitrogen and oxygen atoms in total. The zero-order valence-corrected chi connectivity index (χ0v) is 28.6. The number of nitrogens with one attached hydrogen (secondary N) is 1. The van der Waals surface area contributed by atoms with Gasteiger partial charge in [-0.2, -0.15) is 9.97 Å². The summed E-state index contributed by atoms with van der Waals surface area (Å²) in [7, 11) is 1.45. The summed E-state index contributed by atoms with van der Waals surface area (Å²) in [4.78, 5) is 26.2. The van der Waals surface area contributed by atoms with Crippen LogP contribution in [0.1, 0.15) is 62.5 Å². The molecule has 4 unspecified atom stereocenters. The number of aromatic nitrogens is 2. The van der Waals surface area contributed by atoms with Gasteiger partial charge < -0.3 is 24.8 Å². The highest BCUT2D eigenvalue weighted by molar-refractivity contribution is 5.94. The predicted molar refractivity (Wildman–Crippen MR) is 187 cm³/mol. The van der Waals surface area contributed by atoms with Crippen LogP contribution in [-0.2, 0) is 16.2 Å². The van der Waals surface area contributed by atoms with Crippen molar-refractivity contribution in [2.24, 2.45) is 11.3 Å². The topological polar surface area (TPSA) is 100 Å². The maximum Gasteiger partial charge on any atom is 0.319 e. The van der Waals surface area contributed by atoms with E-state index in [4.69, 9.17) is 20.9 Å². The predicted octanol–water partition coefficient (Wildman–Crippen LogP) is 5.91. The summed E-state index contributed by atoms with van der Waals surface area (Å²) in [6, 6.07) is 4.77. The van der Waals surface area contributed by atoms with Crippen molar-refractivity contribution >= 4 is 28.8 Å². The van der Waals surface area contributed by atoms with E-state index < -0.39 is 23.9 Å². The summed E-state index contributed by atoms with van der Waals surface area (Å²) in [6.07, 6.45) is 15.7. The number of phenolic OH excluding ortho intramolecular Hbond substituents is 1. The molecule has 5 fully saturated rings. The van der Waals surface area contributed by atoms with E-state index in [-0.39, 0.29) is 68.7 Å². The standard InChI is InChI=1S/C39H42F3N5O4/c1-3-4-5-22-14-28(48)15-29(31(22)17-40)33-32(41)16-30-35(34(33)42)44-38(45-36(30)46-18-24-6-7-25(19-46)43-24)51-21-39(10-11-39)20-47-26-8-9-27(47)13-23(12-26)37(49)50-2/h1,4-5,14-16,23-27,43,48H,6-13,17-21H2,2H3/b5-4-. The SMILES string of the molecule is C#C/C=C\c1cc(O)cc(-c2c(F)cc3c(N4CC5CCC(C4)N5)nc(OCC4(CN5C6CCC5CC(C(=O)OC)C6)CC4)nc3c2F)c1CF. The van der Waals surface area contributed by atoms with E-state index in [1.54, 1.807) is 0 Å². The Labute approximate surface area is 295 Å². The van der Waals surface area contributed by atoms with Crippen LogP contribution >= 0.6 is 0 Å². The van der Waals surface area contributed by atoms with Crippen molar-refractivity contribution in [3.8, 4) is 35.2 Å². The Bertz CT molecular complexity index is 1920. The minimum absolute atomic E-state index is 0.00208. The van der Waals surface area contributed by atoms with E-state index in [0.717, 1.165) is 64.0 Å². The van der Waals surface area contributed by atoms with Crippen LogP contribution in [0.25, 0.3) is 28.1 Å². The number of ether oxygens (including phenoxy) is 2. The van der Waals surface area contributed by atoms with Gasteiger partial charge in [0.1, 0.15) is 29.6 Å². The molecule has 1 aliphatic carbocycles. The van der Waals surface area contributed by atoms with Crippen LogP contribution in [0.4, 0.5) is 19.0 Å². The normalized spacial score (nSPS) is 26.5. The number of nitrogens with zero attached hydrogens (tertiary/aromatic N) is 4. The lowest BCUT2D eigenvalue weighted by Gasteiger charge is -2.40. The second-order valence-electron chi connectivity index (χ2n) is 15.0.